The molecule has 0 aliphatic carbocycles. The maximum absolute atomic E-state index is 6.07. The lowest BCUT2D eigenvalue weighted by Gasteiger charge is -2.30. The fourth-order valence-electron chi connectivity index (χ4n) is 3.79. The first-order valence-corrected chi connectivity index (χ1v) is 10.3. The zero-order valence-corrected chi connectivity index (χ0v) is 17.2. The molecule has 9 heteroatoms. The van der Waals surface area contributed by atoms with E-state index < -0.39 is 0 Å². The lowest BCUT2D eigenvalue weighted by molar-refractivity contribution is 0.156. The molecule has 0 atom stereocenters. The Kier molecular flexibility index (Phi) is 4.91. The van der Waals surface area contributed by atoms with Gasteiger partial charge in [0, 0.05) is 35.8 Å². The van der Waals surface area contributed by atoms with Gasteiger partial charge in [0.15, 0.2) is 5.65 Å². The van der Waals surface area contributed by atoms with Crippen molar-refractivity contribution in [1.29, 1.82) is 0 Å². The molecule has 0 saturated carbocycles. The third-order valence-electron chi connectivity index (χ3n) is 5.30. The number of hydrogen-bond acceptors (Lipinski definition) is 6. The van der Waals surface area contributed by atoms with Crippen LogP contribution in [0.5, 0.6) is 0 Å². The number of fused-ring (bicyclic) bond motifs is 1. The number of benzene rings is 1. The van der Waals surface area contributed by atoms with Gasteiger partial charge in [-0.15, -0.1) is 15.3 Å². The number of likely N-dealkylation sites (tertiary alicyclic amines) is 1. The maximum atomic E-state index is 6.07. The van der Waals surface area contributed by atoms with E-state index in [1.165, 1.54) is 0 Å². The van der Waals surface area contributed by atoms with E-state index in [0.717, 1.165) is 43.0 Å². The summed E-state index contributed by atoms with van der Waals surface area (Å²) in [4.78, 5) is 2.70. The molecule has 1 aromatic carbocycles. The number of halogens is 1. The Bertz CT molecular complexity index is 1210. The van der Waals surface area contributed by atoms with Crippen LogP contribution in [0.1, 0.15) is 24.6 Å². The molecule has 29 heavy (non-hydrogen) atoms. The molecule has 1 aliphatic rings. The standard InChI is InChI=1S/C20H19ClN6OS/c21-16-5-3-4-15(12-16)19-24-27(20(29)28-19)13-25-10-7-14(8-11-25)18-23-22-17-6-1-2-9-26(17)18/h1-6,9,12,14H,7-8,10-11,13H2. The van der Waals surface area contributed by atoms with Gasteiger partial charge in [-0.1, -0.05) is 23.7 Å². The van der Waals surface area contributed by atoms with Gasteiger partial charge in [0.05, 0.1) is 6.67 Å². The van der Waals surface area contributed by atoms with Crippen molar-refractivity contribution < 1.29 is 4.42 Å². The van der Waals surface area contributed by atoms with Crippen molar-refractivity contribution in [3.63, 3.8) is 0 Å². The summed E-state index contributed by atoms with van der Waals surface area (Å²) in [5.74, 6) is 1.93. The van der Waals surface area contributed by atoms with Crippen molar-refractivity contribution >= 4 is 29.5 Å². The molecule has 7 nitrogen and oxygen atoms in total. The van der Waals surface area contributed by atoms with Gasteiger partial charge in [0.25, 0.3) is 4.84 Å². The minimum Gasteiger partial charge on any atom is -0.409 e. The van der Waals surface area contributed by atoms with Crippen LogP contribution in [0.4, 0.5) is 0 Å². The Hall–Kier alpha value is -2.55. The lowest BCUT2D eigenvalue weighted by atomic mass is 9.96. The van der Waals surface area contributed by atoms with Crippen molar-refractivity contribution in [2.45, 2.75) is 25.4 Å². The highest BCUT2D eigenvalue weighted by atomic mass is 35.5. The molecule has 0 bridgehead atoms. The number of piperidine rings is 1. The molecule has 4 heterocycles. The Morgan fingerprint density at radius 3 is 2.79 bits per heavy atom. The maximum Gasteiger partial charge on any atom is 0.288 e. The SMILES string of the molecule is S=c1oc(-c2cccc(Cl)c2)nn1CN1CCC(c2nnc3ccccn23)CC1. The molecule has 148 valence electrons. The van der Waals surface area contributed by atoms with Gasteiger partial charge >= 0.3 is 0 Å². The van der Waals surface area contributed by atoms with Crippen LogP contribution < -0.4 is 0 Å². The highest BCUT2D eigenvalue weighted by Crippen LogP contribution is 2.28. The fraction of sp³-hybridized carbons (Fsp3) is 0.300. The fourth-order valence-corrected chi connectivity index (χ4v) is 4.16. The zero-order valence-electron chi connectivity index (χ0n) is 15.6. The van der Waals surface area contributed by atoms with Crippen molar-refractivity contribution in [2.75, 3.05) is 13.1 Å². The molecular formula is C20H19ClN6OS. The molecule has 1 aliphatic heterocycles. The predicted molar refractivity (Wildman–Crippen MR) is 112 cm³/mol. The summed E-state index contributed by atoms with van der Waals surface area (Å²) < 4.78 is 9.51. The summed E-state index contributed by atoms with van der Waals surface area (Å²) >= 11 is 11.4. The van der Waals surface area contributed by atoms with E-state index in [0.29, 0.717) is 28.3 Å². The molecule has 0 unspecified atom stereocenters. The first-order chi connectivity index (χ1) is 14.2. The van der Waals surface area contributed by atoms with Gasteiger partial charge < -0.3 is 4.42 Å². The smallest absolute Gasteiger partial charge is 0.288 e. The first-order valence-electron chi connectivity index (χ1n) is 9.53. The van der Waals surface area contributed by atoms with E-state index in [-0.39, 0.29) is 0 Å². The quantitative estimate of drug-likeness (QED) is 0.450. The molecule has 0 radical (unpaired) electrons. The number of rotatable bonds is 4. The van der Waals surface area contributed by atoms with Gasteiger partial charge in [0.1, 0.15) is 5.82 Å². The third kappa shape index (κ3) is 3.71. The minimum atomic E-state index is 0.366. The van der Waals surface area contributed by atoms with E-state index in [1.54, 1.807) is 4.68 Å². The van der Waals surface area contributed by atoms with Gasteiger partial charge in [-0.05, 0) is 55.4 Å². The number of pyridine rings is 1. The monoisotopic (exact) mass is 426 g/mol. The lowest BCUT2D eigenvalue weighted by Crippen LogP contribution is -2.35. The summed E-state index contributed by atoms with van der Waals surface area (Å²) in [6.45, 7) is 2.48. The van der Waals surface area contributed by atoms with Gasteiger partial charge in [-0.25, -0.2) is 4.68 Å². The van der Waals surface area contributed by atoms with Gasteiger partial charge in [0.2, 0.25) is 5.89 Å². The molecule has 0 N–H and O–H groups in total. The summed E-state index contributed by atoms with van der Waals surface area (Å²) in [6.07, 6.45) is 4.06. The predicted octanol–water partition coefficient (Wildman–Crippen LogP) is 4.41. The number of hydrogen-bond donors (Lipinski definition) is 0. The van der Waals surface area contributed by atoms with Crippen LogP contribution in [0.2, 0.25) is 5.02 Å². The van der Waals surface area contributed by atoms with E-state index in [9.17, 15) is 0 Å². The van der Waals surface area contributed by atoms with Crippen molar-refractivity contribution in [1.82, 2.24) is 29.3 Å². The highest BCUT2D eigenvalue weighted by Gasteiger charge is 2.25. The van der Waals surface area contributed by atoms with Crippen LogP contribution in [0.3, 0.4) is 0 Å². The molecule has 5 rings (SSSR count). The van der Waals surface area contributed by atoms with Crippen molar-refractivity contribution in [3.8, 4) is 11.5 Å². The van der Waals surface area contributed by atoms with Gasteiger partial charge in [-0.2, -0.15) is 0 Å². The Labute approximate surface area is 177 Å². The van der Waals surface area contributed by atoms with Crippen molar-refractivity contribution in [3.05, 3.63) is 64.3 Å². The molecule has 1 saturated heterocycles. The van der Waals surface area contributed by atoms with Crippen LogP contribution in [0.15, 0.2) is 53.1 Å². The molecule has 1 fully saturated rings. The molecular weight excluding hydrogens is 408 g/mol. The summed E-state index contributed by atoms with van der Waals surface area (Å²) in [7, 11) is 0. The second-order valence-electron chi connectivity index (χ2n) is 7.20. The third-order valence-corrected chi connectivity index (χ3v) is 5.83. The van der Waals surface area contributed by atoms with Crippen LogP contribution in [0, 0.1) is 4.84 Å². The molecule has 0 spiro atoms. The summed E-state index contributed by atoms with van der Waals surface area (Å²) in [5.41, 5.74) is 1.71. The zero-order chi connectivity index (χ0) is 19.8. The second-order valence-corrected chi connectivity index (χ2v) is 7.99. The number of aromatic nitrogens is 5. The largest absolute Gasteiger partial charge is 0.409 e. The first kappa shape index (κ1) is 18.5. The molecule has 3 aromatic heterocycles. The van der Waals surface area contributed by atoms with Crippen LogP contribution in [-0.2, 0) is 6.67 Å². The normalized spacial score (nSPS) is 15.9. The van der Waals surface area contributed by atoms with E-state index in [4.69, 9.17) is 28.2 Å². The minimum absolute atomic E-state index is 0.366. The van der Waals surface area contributed by atoms with Crippen LogP contribution in [0.25, 0.3) is 17.1 Å². The Balaban J connectivity index is 1.27. The topological polar surface area (TPSA) is 64.4 Å². The van der Waals surface area contributed by atoms with E-state index in [2.05, 4.69) is 24.6 Å². The average molecular weight is 427 g/mol. The van der Waals surface area contributed by atoms with Gasteiger partial charge in [-0.3, -0.25) is 9.30 Å². The highest BCUT2D eigenvalue weighted by molar-refractivity contribution is 7.71. The molecule has 4 aromatic rings. The van der Waals surface area contributed by atoms with E-state index >= 15 is 0 Å². The Morgan fingerprint density at radius 2 is 1.97 bits per heavy atom. The van der Waals surface area contributed by atoms with Crippen molar-refractivity contribution in [2.24, 2.45) is 0 Å². The second kappa shape index (κ2) is 7.70. The average Bonchev–Trinajstić information content (AvgIpc) is 3.33. The van der Waals surface area contributed by atoms with E-state index in [1.807, 2.05) is 48.7 Å². The van der Waals surface area contributed by atoms with Crippen LogP contribution >= 0.6 is 23.8 Å². The molecule has 0 amide bonds. The summed E-state index contributed by atoms with van der Waals surface area (Å²) in [6, 6.07) is 13.4. The number of nitrogens with zero attached hydrogens (tertiary/aromatic N) is 6. The van der Waals surface area contributed by atoms with Crippen LogP contribution in [-0.4, -0.2) is 42.4 Å². The Morgan fingerprint density at radius 1 is 1.10 bits per heavy atom. The summed E-state index contributed by atoms with van der Waals surface area (Å²) in [5, 5.41) is 13.9.